The summed E-state index contributed by atoms with van der Waals surface area (Å²) in [4.78, 5) is 13.1. The number of likely N-dealkylation sites (tertiary alicyclic amines) is 1. The van der Waals surface area contributed by atoms with E-state index >= 15 is 0 Å². The summed E-state index contributed by atoms with van der Waals surface area (Å²) in [5.41, 5.74) is -1.54. The van der Waals surface area contributed by atoms with E-state index in [1.165, 1.54) is 4.90 Å². The van der Waals surface area contributed by atoms with Crippen LogP contribution in [0, 0.1) is 5.92 Å². The van der Waals surface area contributed by atoms with E-state index in [0.29, 0.717) is 0 Å². The van der Waals surface area contributed by atoms with Gasteiger partial charge in [-0.1, -0.05) is 0 Å². The van der Waals surface area contributed by atoms with Gasteiger partial charge in [0.2, 0.25) is 0 Å². The quantitative estimate of drug-likeness (QED) is 0.710. The Bertz CT molecular complexity index is 473. The van der Waals surface area contributed by atoms with Crippen LogP contribution in [-0.4, -0.2) is 52.4 Å². The van der Waals surface area contributed by atoms with Crippen LogP contribution >= 0.6 is 0 Å². The van der Waals surface area contributed by atoms with Gasteiger partial charge in [-0.25, -0.2) is 4.79 Å². The molecule has 2 N–H and O–H groups in total. The number of piperidine rings is 1. The van der Waals surface area contributed by atoms with Gasteiger partial charge in [0.05, 0.1) is 12.5 Å². The van der Waals surface area contributed by atoms with Crippen molar-refractivity contribution >= 4 is 11.8 Å². The molecule has 0 aromatic heterocycles. The van der Waals surface area contributed by atoms with Gasteiger partial charge in [0.1, 0.15) is 11.3 Å². The lowest BCUT2D eigenvalue weighted by atomic mass is 9.85. The number of hydrazone groups is 1. The number of hydrogen-bond donors (Lipinski definition) is 2. The zero-order chi connectivity index (χ0) is 16.1. The first-order valence-corrected chi connectivity index (χ1v) is 6.55. The van der Waals surface area contributed by atoms with Crippen LogP contribution in [0.25, 0.3) is 0 Å². The fourth-order valence-electron chi connectivity index (χ4n) is 2.46. The zero-order valence-electron chi connectivity index (χ0n) is 12.0. The van der Waals surface area contributed by atoms with Gasteiger partial charge in [0, 0.05) is 6.54 Å². The number of fused-ring (bicyclic) bond motifs is 1. The number of carbonyl (C=O) groups excluding carboxylic acids is 1. The summed E-state index contributed by atoms with van der Waals surface area (Å²) < 4.78 is 43.5. The molecule has 2 unspecified atom stereocenters. The van der Waals surface area contributed by atoms with E-state index in [4.69, 9.17) is 4.74 Å². The third-order valence-corrected chi connectivity index (χ3v) is 3.34. The van der Waals surface area contributed by atoms with Gasteiger partial charge in [-0.2, -0.15) is 18.3 Å². The molecular weight excluding hydrogens is 291 g/mol. The normalized spacial score (nSPS) is 29.6. The Morgan fingerprint density at radius 1 is 1.48 bits per heavy atom. The number of hydrogen-bond acceptors (Lipinski definition) is 5. The molecule has 120 valence electrons. The second-order valence-electron chi connectivity index (χ2n) is 6.27. The molecule has 0 saturated carbocycles. The molecule has 2 aliphatic heterocycles. The minimum Gasteiger partial charge on any atom is -0.444 e. The minimum atomic E-state index is -4.60. The van der Waals surface area contributed by atoms with Crippen LogP contribution in [0.15, 0.2) is 5.10 Å². The van der Waals surface area contributed by atoms with Crippen molar-refractivity contribution in [2.75, 3.05) is 13.1 Å². The molecule has 0 radical (unpaired) electrons. The van der Waals surface area contributed by atoms with Crippen molar-refractivity contribution in [1.29, 1.82) is 0 Å². The van der Waals surface area contributed by atoms with E-state index in [1.54, 1.807) is 20.8 Å². The summed E-state index contributed by atoms with van der Waals surface area (Å²) in [6, 6.07) is 0. The van der Waals surface area contributed by atoms with Crippen molar-refractivity contribution in [2.24, 2.45) is 11.0 Å². The van der Waals surface area contributed by atoms with Crippen LogP contribution in [0.5, 0.6) is 0 Å². The maximum Gasteiger partial charge on any atom is 0.431 e. The summed E-state index contributed by atoms with van der Waals surface area (Å²) in [5, 5.41) is 13.5. The number of nitrogens with zero attached hydrogens (tertiary/aromatic N) is 2. The largest absolute Gasteiger partial charge is 0.444 e. The van der Waals surface area contributed by atoms with Crippen LogP contribution in [-0.2, 0) is 4.74 Å². The smallest absolute Gasteiger partial charge is 0.431 e. The van der Waals surface area contributed by atoms with Crippen molar-refractivity contribution in [2.45, 2.75) is 44.7 Å². The van der Waals surface area contributed by atoms with E-state index in [9.17, 15) is 23.1 Å². The lowest BCUT2D eigenvalue weighted by Crippen LogP contribution is -2.61. The molecule has 21 heavy (non-hydrogen) atoms. The number of ether oxygens (including phenoxy) is 1. The molecule has 9 heteroatoms. The number of halogens is 3. The van der Waals surface area contributed by atoms with E-state index in [-0.39, 0.29) is 19.5 Å². The lowest BCUT2D eigenvalue weighted by molar-refractivity contribution is -0.0903. The van der Waals surface area contributed by atoms with Gasteiger partial charge in [-0.05, 0) is 27.2 Å². The maximum absolute atomic E-state index is 12.8. The minimum absolute atomic E-state index is 0.0406. The number of amides is 1. The Labute approximate surface area is 119 Å². The molecule has 0 spiro atoms. The topological polar surface area (TPSA) is 74.2 Å². The number of alkyl halides is 3. The fourth-order valence-corrected chi connectivity index (χ4v) is 2.46. The summed E-state index contributed by atoms with van der Waals surface area (Å²) in [7, 11) is 0. The molecule has 0 aromatic rings. The van der Waals surface area contributed by atoms with Crippen LogP contribution in [0.3, 0.4) is 0 Å². The van der Waals surface area contributed by atoms with E-state index < -0.39 is 35.2 Å². The van der Waals surface area contributed by atoms with Gasteiger partial charge in [-0.3, -0.25) is 5.43 Å². The standard InChI is InChI=1S/C12H18F3N3O3/c1-10(2,3)21-9(19)18-5-4-7-8(12(13,14)15)16-17-11(7,20)6-18/h7,17,20H,4-6H2,1-3H3. The van der Waals surface area contributed by atoms with Crippen molar-refractivity contribution in [3.05, 3.63) is 0 Å². The van der Waals surface area contributed by atoms with Gasteiger partial charge in [0.15, 0.2) is 5.72 Å². The molecule has 0 aromatic carbocycles. The van der Waals surface area contributed by atoms with E-state index in [1.807, 2.05) is 0 Å². The molecule has 0 aliphatic carbocycles. The highest BCUT2D eigenvalue weighted by Crippen LogP contribution is 2.37. The summed E-state index contributed by atoms with van der Waals surface area (Å²) >= 11 is 0. The number of rotatable bonds is 0. The lowest BCUT2D eigenvalue weighted by Gasteiger charge is -2.41. The van der Waals surface area contributed by atoms with Crippen molar-refractivity contribution in [3.63, 3.8) is 0 Å². The average Bonchev–Trinajstić information content (AvgIpc) is 2.62. The van der Waals surface area contributed by atoms with Crippen LogP contribution < -0.4 is 5.43 Å². The molecule has 6 nitrogen and oxygen atoms in total. The monoisotopic (exact) mass is 309 g/mol. The van der Waals surface area contributed by atoms with Gasteiger partial charge in [0.25, 0.3) is 0 Å². The molecule has 2 atom stereocenters. The fraction of sp³-hybridized carbons (Fsp3) is 0.833. The molecule has 1 fully saturated rings. The first-order chi connectivity index (χ1) is 9.42. The van der Waals surface area contributed by atoms with Gasteiger partial charge < -0.3 is 14.7 Å². The van der Waals surface area contributed by atoms with E-state index in [2.05, 4.69) is 10.5 Å². The highest BCUT2D eigenvalue weighted by molar-refractivity contribution is 5.94. The Hall–Kier alpha value is -1.51. The molecule has 1 amide bonds. The van der Waals surface area contributed by atoms with Gasteiger partial charge in [-0.15, -0.1) is 0 Å². The van der Waals surface area contributed by atoms with Crippen LogP contribution in [0.2, 0.25) is 0 Å². The zero-order valence-corrected chi connectivity index (χ0v) is 12.0. The highest BCUT2D eigenvalue weighted by Gasteiger charge is 2.57. The predicted octanol–water partition coefficient (Wildman–Crippen LogP) is 1.45. The number of nitrogens with one attached hydrogen (secondary N) is 1. The van der Waals surface area contributed by atoms with E-state index in [0.717, 1.165) is 0 Å². The second kappa shape index (κ2) is 4.75. The summed E-state index contributed by atoms with van der Waals surface area (Å²) in [6.07, 6.45) is -5.31. The third kappa shape index (κ3) is 3.22. The number of β-amino-alcohol motifs (C(OH)–C–C–N with tert-alkyl or cyclic N) is 1. The Morgan fingerprint density at radius 3 is 2.62 bits per heavy atom. The summed E-state index contributed by atoms with van der Waals surface area (Å²) in [5.74, 6) is -1.18. The maximum atomic E-state index is 12.8. The second-order valence-corrected chi connectivity index (χ2v) is 6.27. The molecule has 2 heterocycles. The highest BCUT2D eigenvalue weighted by atomic mass is 19.4. The Morgan fingerprint density at radius 2 is 2.10 bits per heavy atom. The summed E-state index contributed by atoms with van der Waals surface area (Å²) in [6.45, 7) is 4.81. The van der Waals surface area contributed by atoms with Crippen molar-refractivity contribution in [1.82, 2.24) is 10.3 Å². The Kier molecular flexibility index (Phi) is 3.59. The van der Waals surface area contributed by atoms with Crippen molar-refractivity contribution in [3.8, 4) is 0 Å². The molecule has 2 rings (SSSR count). The average molecular weight is 309 g/mol. The molecule has 0 bridgehead atoms. The van der Waals surface area contributed by atoms with Gasteiger partial charge >= 0.3 is 12.3 Å². The Balaban J connectivity index is 2.08. The molecular formula is C12H18F3N3O3. The first-order valence-electron chi connectivity index (χ1n) is 6.55. The predicted molar refractivity (Wildman–Crippen MR) is 67.5 cm³/mol. The van der Waals surface area contributed by atoms with Crippen LogP contribution in [0.4, 0.5) is 18.0 Å². The van der Waals surface area contributed by atoms with Crippen molar-refractivity contribution < 1.29 is 27.8 Å². The molecule has 2 aliphatic rings. The molecule has 1 saturated heterocycles. The van der Waals surface area contributed by atoms with Crippen LogP contribution in [0.1, 0.15) is 27.2 Å². The first kappa shape index (κ1) is 15.9. The third-order valence-electron chi connectivity index (χ3n) is 3.34. The number of carbonyl (C=O) groups is 1. The number of aliphatic hydroxyl groups is 1. The SMILES string of the molecule is CC(C)(C)OC(=O)N1CCC2C(C(F)(F)F)=NNC2(O)C1.